The molecule has 0 amide bonds. The number of fused-ring (bicyclic) bond motifs is 3. The number of rotatable bonds is 2. The van der Waals surface area contributed by atoms with Gasteiger partial charge in [0.15, 0.2) is 6.29 Å². The molecule has 17 heavy (non-hydrogen) atoms. The lowest BCUT2D eigenvalue weighted by Gasteiger charge is -2.02. The second kappa shape index (κ2) is 3.74. The molecule has 0 bridgehead atoms. The first kappa shape index (κ1) is 10.1. The zero-order valence-electron chi connectivity index (χ0n) is 9.68. The predicted molar refractivity (Wildman–Crippen MR) is 70.5 cm³/mol. The third-order valence-electron chi connectivity index (χ3n) is 3.27. The highest BCUT2D eigenvalue weighted by Crippen LogP contribution is 2.30. The number of benzene rings is 2. The maximum atomic E-state index is 11.2. The van der Waals surface area contributed by atoms with Crippen molar-refractivity contribution >= 4 is 28.1 Å². The third kappa shape index (κ3) is 1.30. The lowest BCUT2D eigenvalue weighted by Crippen LogP contribution is -1.92. The number of hydrogen-bond acceptors (Lipinski definition) is 1. The minimum Gasteiger partial charge on any atom is -0.341 e. The van der Waals surface area contributed by atoms with Crippen LogP contribution in [0.2, 0.25) is 0 Å². The van der Waals surface area contributed by atoms with Crippen molar-refractivity contribution in [2.45, 2.75) is 13.5 Å². The molecular weight excluding hydrogens is 210 g/mol. The normalized spacial score (nSPS) is 11.1. The van der Waals surface area contributed by atoms with Crippen molar-refractivity contribution in [1.82, 2.24) is 4.57 Å². The number of carbonyl (C=O) groups excluding carboxylic acids is 1. The molecule has 3 rings (SSSR count). The van der Waals surface area contributed by atoms with Crippen LogP contribution >= 0.6 is 0 Å². The van der Waals surface area contributed by atoms with E-state index in [1.165, 1.54) is 5.52 Å². The quantitative estimate of drug-likeness (QED) is 0.608. The topological polar surface area (TPSA) is 22.0 Å². The Hall–Kier alpha value is -2.09. The Bertz CT molecular complexity index is 709. The van der Waals surface area contributed by atoms with E-state index in [-0.39, 0.29) is 0 Å². The first-order chi connectivity index (χ1) is 8.36. The summed E-state index contributed by atoms with van der Waals surface area (Å²) in [5.74, 6) is 0. The molecule has 1 heterocycles. The highest BCUT2D eigenvalue weighted by Gasteiger charge is 2.11. The standard InChI is InChI=1S/C15H13NO/c1-2-16-13-8-4-3-7-12(13)15-11(10-17)6-5-9-14(15)16/h3-10H,2H2,1H3. The van der Waals surface area contributed by atoms with Crippen LogP contribution in [0, 0.1) is 0 Å². The molecule has 2 aromatic carbocycles. The Balaban J connectivity index is 2.63. The molecule has 1 aromatic heterocycles. The van der Waals surface area contributed by atoms with E-state index in [0.717, 1.165) is 34.7 Å². The van der Waals surface area contributed by atoms with Crippen LogP contribution in [0.4, 0.5) is 0 Å². The molecular formula is C15H13NO. The lowest BCUT2D eigenvalue weighted by molar-refractivity contribution is 0.112. The van der Waals surface area contributed by atoms with Crippen LogP contribution in [-0.4, -0.2) is 10.9 Å². The van der Waals surface area contributed by atoms with E-state index in [4.69, 9.17) is 0 Å². The number of nitrogens with zero attached hydrogens (tertiary/aromatic N) is 1. The number of aromatic nitrogens is 1. The Morgan fingerprint density at radius 2 is 1.82 bits per heavy atom. The molecule has 3 aromatic rings. The van der Waals surface area contributed by atoms with E-state index in [0.29, 0.717) is 0 Å². The lowest BCUT2D eigenvalue weighted by atomic mass is 10.1. The van der Waals surface area contributed by atoms with E-state index < -0.39 is 0 Å². The number of para-hydroxylation sites is 1. The Morgan fingerprint density at radius 3 is 2.59 bits per heavy atom. The first-order valence-electron chi connectivity index (χ1n) is 5.82. The van der Waals surface area contributed by atoms with Crippen molar-refractivity contribution < 1.29 is 4.79 Å². The molecule has 2 heteroatoms. The number of carbonyl (C=O) groups is 1. The maximum Gasteiger partial charge on any atom is 0.150 e. The summed E-state index contributed by atoms with van der Waals surface area (Å²) in [7, 11) is 0. The molecule has 0 N–H and O–H groups in total. The molecule has 0 saturated heterocycles. The zero-order valence-corrected chi connectivity index (χ0v) is 9.68. The van der Waals surface area contributed by atoms with E-state index in [9.17, 15) is 4.79 Å². The highest BCUT2D eigenvalue weighted by atomic mass is 16.1. The number of aldehydes is 1. The fourth-order valence-electron chi connectivity index (χ4n) is 2.56. The van der Waals surface area contributed by atoms with Gasteiger partial charge in [-0.25, -0.2) is 0 Å². The molecule has 0 aliphatic heterocycles. The summed E-state index contributed by atoms with van der Waals surface area (Å²) in [5.41, 5.74) is 3.10. The van der Waals surface area contributed by atoms with Crippen LogP contribution in [0.15, 0.2) is 42.5 Å². The summed E-state index contributed by atoms with van der Waals surface area (Å²) in [5, 5.41) is 2.23. The van der Waals surface area contributed by atoms with E-state index in [2.05, 4.69) is 29.7 Å². The van der Waals surface area contributed by atoms with Gasteiger partial charge in [-0.05, 0) is 19.1 Å². The van der Waals surface area contributed by atoms with Crippen molar-refractivity contribution in [3.8, 4) is 0 Å². The summed E-state index contributed by atoms with van der Waals surface area (Å²) in [6.45, 7) is 3.03. The largest absolute Gasteiger partial charge is 0.341 e. The third-order valence-corrected chi connectivity index (χ3v) is 3.27. The van der Waals surface area contributed by atoms with E-state index >= 15 is 0 Å². The van der Waals surface area contributed by atoms with Gasteiger partial charge in [-0.2, -0.15) is 0 Å². The first-order valence-corrected chi connectivity index (χ1v) is 5.82. The van der Waals surface area contributed by atoms with Gasteiger partial charge in [-0.15, -0.1) is 0 Å². The minimum absolute atomic E-state index is 0.769. The van der Waals surface area contributed by atoms with Crippen LogP contribution in [0.25, 0.3) is 21.8 Å². The molecule has 0 radical (unpaired) electrons. The highest BCUT2D eigenvalue weighted by molar-refractivity contribution is 6.14. The summed E-state index contributed by atoms with van der Waals surface area (Å²) < 4.78 is 2.25. The molecule has 0 aliphatic carbocycles. The fraction of sp³-hybridized carbons (Fsp3) is 0.133. The summed E-state index contributed by atoms with van der Waals surface area (Å²) in [6.07, 6.45) is 0.939. The average molecular weight is 223 g/mol. The molecule has 0 fully saturated rings. The Morgan fingerprint density at radius 1 is 1.06 bits per heavy atom. The molecule has 84 valence electrons. The number of aryl methyl sites for hydroxylation is 1. The van der Waals surface area contributed by atoms with Crippen molar-refractivity contribution in [3.05, 3.63) is 48.0 Å². The van der Waals surface area contributed by atoms with Crippen molar-refractivity contribution in [2.24, 2.45) is 0 Å². The Kier molecular flexibility index (Phi) is 2.22. The van der Waals surface area contributed by atoms with Gasteiger partial charge in [0.2, 0.25) is 0 Å². The van der Waals surface area contributed by atoms with Crippen molar-refractivity contribution in [2.75, 3.05) is 0 Å². The van der Waals surface area contributed by atoms with Gasteiger partial charge in [0.05, 0.1) is 0 Å². The summed E-state index contributed by atoms with van der Waals surface area (Å²) in [4.78, 5) is 11.2. The van der Waals surface area contributed by atoms with Gasteiger partial charge in [0.25, 0.3) is 0 Å². The van der Waals surface area contributed by atoms with Crippen LogP contribution in [0.5, 0.6) is 0 Å². The van der Waals surface area contributed by atoms with Gasteiger partial charge in [0, 0.05) is 33.9 Å². The summed E-state index contributed by atoms with van der Waals surface area (Å²) >= 11 is 0. The van der Waals surface area contributed by atoms with Gasteiger partial charge in [-0.3, -0.25) is 4.79 Å². The molecule has 0 saturated carbocycles. The molecule has 2 nitrogen and oxygen atoms in total. The smallest absolute Gasteiger partial charge is 0.150 e. The second-order valence-corrected chi connectivity index (χ2v) is 4.12. The van der Waals surface area contributed by atoms with Crippen LogP contribution in [-0.2, 0) is 6.54 Å². The number of hydrogen-bond donors (Lipinski definition) is 0. The monoisotopic (exact) mass is 223 g/mol. The van der Waals surface area contributed by atoms with Gasteiger partial charge >= 0.3 is 0 Å². The van der Waals surface area contributed by atoms with Crippen LogP contribution in [0.1, 0.15) is 17.3 Å². The van der Waals surface area contributed by atoms with Gasteiger partial charge in [0.1, 0.15) is 0 Å². The predicted octanol–water partition coefficient (Wildman–Crippen LogP) is 3.63. The minimum atomic E-state index is 0.769. The van der Waals surface area contributed by atoms with Crippen molar-refractivity contribution in [1.29, 1.82) is 0 Å². The van der Waals surface area contributed by atoms with E-state index in [1.807, 2.05) is 24.3 Å². The fourth-order valence-corrected chi connectivity index (χ4v) is 2.56. The van der Waals surface area contributed by atoms with Crippen LogP contribution < -0.4 is 0 Å². The summed E-state index contributed by atoms with van der Waals surface area (Å²) in [6, 6.07) is 14.1. The van der Waals surface area contributed by atoms with Gasteiger partial charge in [-0.1, -0.05) is 30.3 Å². The van der Waals surface area contributed by atoms with Crippen molar-refractivity contribution in [3.63, 3.8) is 0 Å². The maximum absolute atomic E-state index is 11.2. The average Bonchev–Trinajstić information content (AvgIpc) is 2.72. The van der Waals surface area contributed by atoms with Gasteiger partial charge < -0.3 is 4.57 Å². The van der Waals surface area contributed by atoms with E-state index in [1.54, 1.807) is 0 Å². The molecule has 0 aliphatic rings. The molecule has 0 unspecified atom stereocenters. The molecule has 0 spiro atoms. The Labute approximate surface area is 99.5 Å². The second-order valence-electron chi connectivity index (χ2n) is 4.12. The zero-order chi connectivity index (χ0) is 11.8. The molecule has 0 atom stereocenters. The van der Waals surface area contributed by atoms with Crippen LogP contribution in [0.3, 0.4) is 0 Å². The SMILES string of the molecule is CCn1c2ccccc2c2c(C=O)cccc21.